The van der Waals surface area contributed by atoms with Crippen LogP contribution in [0.4, 0.5) is 0 Å². The van der Waals surface area contributed by atoms with Crippen LogP contribution in [0.3, 0.4) is 0 Å². The molecule has 1 aliphatic heterocycles. The Morgan fingerprint density at radius 1 is 1.29 bits per heavy atom. The van der Waals surface area contributed by atoms with Gasteiger partial charge in [0.05, 0.1) is 20.3 Å². The Hall–Kier alpha value is -2.56. The summed E-state index contributed by atoms with van der Waals surface area (Å²) in [5, 5.41) is 0. The van der Waals surface area contributed by atoms with Crippen molar-refractivity contribution < 1.29 is 23.8 Å². The molecule has 110 valence electrons. The SMILES string of the molecule is COC(=O)/C=C/c1ccc(C2CC(OC)=CC(=O)O2)cc1. The van der Waals surface area contributed by atoms with Crippen LogP contribution < -0.4 is 0 Å². The summed E-state index contributed by atoms with van der Waals surface area (Å²) >= 11 is 0. The van der Waals surface area contributed by atoms with Crippen LogP contribution in [-0.2, 0) is 23.8 Å². The van der Waals surface area contributed by atoms with Crippen LogP contribution in [0.5, 0.6) is 0 Å². The summed E-state index contributed by atoms with van der Waals surface area (Å²) in [6, 6.07) is 7.39. The maximum Gasteiger partial charge on any atom is 0.334 e. The zero-order chi connectivity index (χ0) is 15.2. The molecule has 1 aromatic rings. The summed E-state index contributed by atoms with van der Waals surface area (Å²) in [5.41, 5.74) is 1.73. The maximum absolute atomic E-state index is 11.5. The lowest BCUT2D eigenvalue weighted by Crippen LogP contribution is -2.16. The number of hydrogen-bond donors (Lipinski definition) is 0. The molecule has 0 spiro atoms. The summed E-state index contributed by atoms with van der Waals surface area (Å²) in [4.78, 5) is 22.5. The normalized spacial score (nSPS) is 18.1. The highest BCUT2D eigenvalue weighted by molar-refractivity contribution is 5.87. The van der Waals surface area contributed by atoms with Crippen molar-refractivity contribution in [2.24, 2.45) is 0 Å². The third kappa shape index (κ3) is 3.95. The van der Waals surface area contributed by atoms with E-state index in [0.29, 0.717) is 12.2 Å². The van der Waals surface area contributed by atoms with Gasteiger partial charge in [0.2, 0.25) is 0 Å². The van der Waals surface area contributed by atoms with Gasteiger partial charge in [0, 0.05) is 12.5 Å². The minimum absolute atomic E-state index is 0.351. The van der Waals surface area contributed by atoms with Crippen LogP contribution in [0, 0.1) is 0 Å². The Kier molecular flexibility index (Phi) is 4.77. The zero-order valence-electron chi connectivity index (χ0n) is 11.9. The molecule has 0 fully saturated rings. The van der Waals surface area contributed by atoms with E-state index < -0.39 is 11.9 Å². The largest absolute Gasteiger partial charge is 0.501 e. The molecule has 5 heteroatoms. The van der Waals surface area contributed by atoms with E-state index in [1.165, 1.54) is 26.4 Å². The molecule has 1 aromatic carbocycles. The predicted molar refractivity (Wildman–Crippen MR) is 76.0 cm³/mol. The summed E-state index contributed by atoms with van der Waals surface area (Å²) in [6.07, 6.45) is 4.52. The van der Waals surface area contributed by atoms with Gasteiger partial charge in [0.1, 0.15) is 11.9 Å². The zero-order valence-corrected chi connectivity index (χ0v) is 11.9. The molecule has 0 saturated carbocycles. The Bertz CT molecular complexity index is 583. The number of benzene rings is 1. The van der Waals surface area contributed by atoms with Crippen molar-refractivity contribution in [3.05, 3.63) is 53.3 Å². The second kappa shape index (κ2) is 6.74. The molecule has 0 radical (unpaired) electrons. The first kappa shape index (κ1) is 14.8. The van der Waals surface area contributed by atoms with Crippen molar-refractivity contribution in [1.82, 2.24) is 0 Å². The molecule has 0 bridgehead atoms. The molecule has 0 N–H and O–H groups in total. The first-order valence-electron chi connectivity index (χ1n) is 6.43. The Labute approximate surface area is 122 Å². The van der Waals surface area contributed by atoms with E-state index in [0.717, 1.165) is 11.1 Å². The number of ether oxygens (including phenoxy) is 3. The number of cyclic esters (lactones) is 1. The predicted octanol–water partition coefficient (Wildman–Crippen LogP) is 2.39. The highest BCUT2D eigenvalue weighted by Crippen LogP contribution is 2.29. The molecule has 1 aliphatic rings. The number of carbonyl (C=O) groups is 2. The van der Waals surface area contributed by atoms with Crippen LogP contribution in [0.1, 0.15) is 23.7 Å². The standard InChI is InChI=1S/C16H16O5/c1-19-13-9-14(21-16(18)10-13)12-6-3-11(4-7-12)5-8-15(17)20-2/h3-8,10,14H,9H2,1-2H3/b8-5+. The third-order valence-electron chi connectivity index (χ3n) is 3.11. The van der Waals surface area contributed by atoms with Crippen molar-refractivity contribution in [3.63, 3.8) is 0 Å². The van der Waals surface area contributed by atoms with Crippen LogP contribution in [0.15, 0.2) is 42.2 Å². The lowest BCUT2D eigenvalue weighted by Gasteiger charge is -2.22. The fourth-order valence-electron chi connectivity index (χ4n) is 1.97. The molecule has 0 saturated heterocycles. The van der Waals surface area contributed by atoms with Crippen molar-refractivity contribution in [2.75, 3.05) is 14.2 Å². The van der Waals surface area contributed by atoms with Gasteiger partial charge in [-0.2, -0.15) is 0 Å². The second-order valence-electron chi connectivity index (χ2n) is 4.47. The lowest BCUT2D eigenvalue weighted by molar-refractivity contribution is -0.145. The van der Waals surface area contributed by atoms with Gasteiger partial charge in [0.15, 0.2) is 0 Å². The molecule has 0 aliphatic carbocycles. The van der Waals surface area contributed by atoms with Gasteiger partial charge < -0.3 is 14.2 Å². The van der Waals surface area contributed by atoms with E-state index in [9.17, 15) is 9.59 Å². The molecule has 21 heavy (non-hydrogen) atoms. The smallest absolute Gasteiger partial charge is 0.334 e. The monoisotopic (exact) mass is 288 g/mol. The van der Waals surface area contributed by atoms with Gasteiger partial charge >= 0.3 is 11.9 Å². The number of methoxy groups -OCH3 is 2. The number of hydrogen-bond acceptors (Lipinski definition) is 5. The minimum Gasteiger partial charge on any atom is -0.501 e. The summed E-state index contributed by atoms with van der Waals surface area (Å²) in [6.45, 7) is 0. The highest BCUT2D eigenvalue weighted by atomic mass is 16.6. The van der Waals surface area contributed by atoms with Crippen molar-refractivity contribution >= 4 is 18.0 Å². The van der Waals surface area contributed by atoms with Crippen LogP contribution in [0.25, 0.3) is 6.08 Å². The summed E-state index contributed by atoms with van der Waals surface area (Å²) < 4.78 is 14.9. The van der Waals surface area contributed by atoms with E-state index in [1.807, 2.05) is 24.3 Å². The van der Waals surface area contributed by atoms with E-state index in [1.54, 1.807) is 6.08 Å². The van der Waals surface area contributed by atoms with E-state index in [4.69, 9.17) is 9.47 Å². The number of rotatable bonds is 4. The lowest BCUT2D eigenvalue weighted by atomic mass is 10.0. The molecule has 5 nitrogen and oxygen atoms in total. The molecule has 1 heterocycles. The van der Waals surface area contributed by atoms with Gasteiger partial charge in [-0.3, -0.25) is 0 Å². The van der Waals surface area contributed by atoms with E-state index in [-0.39, 0.29) is 6.10 Å². The van der Waals surface area contributed by atoms with Crippen LogP contribution in [-0.4, -0.2) is 26.2 Å². The quantitative estimate of drug-likeness (QED) is 0.629. The molecule has 1 atom stereocenters. The van der Waals surface area contributed by atoms with Crippen molar-refractivity contribution in [3.8, 4) is 0 Å². The van der Waals surface area contributed by atoms with Crippen molar-refractivity contribution in [1.29, 1.82) is 0 Å². The third-order valence-corrected chi connectivity index (χ3v) is 3.11. The van der Waals surface area contributed by atoms with Gasteiger partial charge in [-0.25, -0.2) is 9.59 Å². The minimum atomic E-state index is -0.407. The van der Waals surface area contributed by atoms with Crippen molar-refractivity contribution in [2.45, 2.75) is 12.5 Å². The average Bonchev–Trinajstić information content (AvgIpc) is 2.52. The Balaban J connectivity index is 2.09. The first-order chi connectivity index (χ1) is 10.1. The summed E-state index contributed by atoms with van der Waals surface area (Å²) in [5.74, 6) is -0.209. The maximum atomic E-state index is 11.5. The summed E-state index contributed by atoms with van der Waals surface area (Å²) in [7, 11) is 2.86. The molecule has 2 rings (SSSR count). The van der Waals surface area contributed by atoms with E-state index in [2.05, 4.69) is 4.74 Å². The number of esters is 2. The Morgan fingerprint density at radius 2 is 2.00 bits per heavy atom. The molecule has 0 amide bonds. The Morgan fingerprint density at radius 3 is 2.62 bits per heavy atom. The second-order valence-corrected chi connectivity index (χ2v) is 4.47. The fraction of sp³-hybridized carbons (Fsp3) is 0.250. The topological polar surface area (TPSA) is 61.8 Å². The first-order valence-corrected chi connectivity index (χ1v) is 6.43. The molecule has 1 unspecified atom stereocenters. The molecule has 0 aromatic heterocycles. The fourth-order valence-corrected chi connectivity index (χ4v) is 1.97. The van der Waals surface area contributed by atoms with Gasteiger partial charge in [-0.05, 0) is 17.2 Å². The highest BCUT2D eigenvalue weighted by Gasteiger charge is 2.23. The average molecular weight is 288 g/mol. The van der Waals surface area contributed by atoms with Gasteiger partial charge in [-0.1, -0.05) is 24.3 Å². The van der Waals surface area contributed by atoms with Crippen LogP contribution >= 0.6 is 0 Å². The number of carbonyl (C=O) groups excluding carboxylic acids is 2. The van der Waals surface area contributed by atoms with Gasteiger partial charge in [0.25, 0.3) is 0 Å². The molecular formula is C16H16O5. The molecular weight excluding hydrogens is 272 g/mol. The van der Waals surface area contributed by atoms with E-state index >= 15 is 0 Å². The van der Waals surface area contributed by atoms with Crippen LogP contribution in [0.2, 0.25) is 0 Å². The van der Waals surface area contributed by atoms with Gasteiger partial charge in [-0.15, -0.1) is 0 Å².